The van der Waals surface area contributed by atoms with Crippen LogP contribution in [0.2, 0.25) is 0 Å². The number of rotatable bonds is 6. The van der Waals surface area contributed by atoms with E-state index in [0.29, 0.717) is 18.6 Å². The number of nitrogens with zero attached hydrogens (tertiary/aromatic N) is 2. The van der Waals surface area contributed by atoms with Crippen LogP contribution in [0.25, 0.3) is 0 Å². The van der Waals surface area contributed by atoms with Crippen LogP contribution >= 0.6 is 0 Å². The first-order valence-corrected chi connectivity index (χ1v) is 10.0. The number of carbonyl (C=O) groups is 1. The molecule has 4 rings (SSSR count). The summed E-state index contributed by atoms with van der Waals surface area (Å²) in [7, 11) is 0. The summed E-state index contributed by atoms with van der Waals surface area (Å²) in [5.41, 5.74) is 2.49. The Bertz CT molecular complexity index is 714. The van der Waals surface area contributed by atoms with Gasteiger partial charge in [-0.3, -0.25) is 0 Å². The average Bonchev–Trinajstić information content (AvgIpc) is 3.42. The smallest absolute Gasteiger partial charge is 0.318 e. The van der Waals surface area contributed by atoms with Crippen molar-refractivity contribution in [1.82, 2.24) is 14.8 Å². The normalized spacial score (nSPS) is 17.8. The lowest BCUT2D eigenvalue weighted by Crippen LogP contribution is -2.46. The van der Waals surface area contributed by atoms with Gasteiger partial charge in [0.05, 0.1) is 6.54 Å². The van der Waals surface area contributed by atoms with Crippen molar-refractivity contribution >= 4 is 6.03 Å². The van der Waals surface area contributed by atoms with Crippen molar-refractivity contribution < 1.29 is 4.79 Å². The molecule has 1 aromatic heterocycles. The molecule has 2 aliphatic rings. The number of aromatic nitrogens is 1. The van der Waals surface area contributed by atoms with E-state index >= 15 is 0 Å². The molecule has 0 saturated heterocycles. The largest absolute Gasteiger partial charge is 0.345 e. The molecule has 0 spiro atoms. The molecule has 2 aromatic rings. The van der Waals surface area contributed by atoms with Crippen LogP contribution in [0.3, 0.4) is 0 Å². The van der Waals surface area contributed by atoms with Crippen LogP contribution in [0, 0.1) is 0 Å². The second kappa shape index (κ2) is 7.98. The van der Waals surface area contributed by atoms with Gasteiger partial charge in [-0.15, -0.1) is 0 Å². The lowest BCUT2D eigenvalue weighted by Gasteiger charge is -2.29. The van der Waals surface area contributed by atoms with E-state index in [-0.39, 0.29) is 6.03 Å². The van der Waals surface area contributed by atoms with Crippen molar-refractivity contribution in [1.29, 1.82) is 0 Å². The second-order valence-electron chi connectivity index (χ2n) is 7.76. The molecule has 0 bridgehead atoms. The first-order valence-electron chi connectivity index (χ1n) is 10.0. The molecule has 2 saturated carbocycles. The third kappa shape index (κ3) is 4.29. The highest BCUT2D eigenvalue weighted by atomic mass is 16.2. The minimum atomic E-state index is 0.131. The van der Waals surface area contributed by atoms with E-state index in [9.17, 15) is 4.79 Å². The van der Waals surface area contributed by atoms with Crippen molar-refractivity contribution in [2.75, 3.05) is 0 Å². The highest BCUT2D eigenvalue weighted by molar-refractivity contribution is 5.75. The molecule has 26 heavy (non-hydrogen) atoms. The van der Waals surface area contributed by atoms with Crippen LogP contribution in [-0.2, 0) is 13.1 Å². The van der Waals surface area contributed by atoms with Crippen LogP contribution in [0.5, 0.6) is 0 Å². The Labute approximate surface area is 156 Å². The quantitative estimate of drug-likeness (QED) is 0.815. The fourth-order valence-electron chi connectivity index (χ4n) is 3.96. The molecule has 0 radical (unpaired) electrons. The summed E-state index contributed by atoms with van der Waals surface area (Å²) in [6.45, 7) is 1.55. The molecule has 2 amide bonds. The molecule has 0 aliphatic heterocycles. The maximum atomic E-state index is 12.9. The van der Waals surface area contributed by atoms with Gasteiger partial charge in [0.2, 0.25) is 0 Å². The number of amides is 2. The maximum Gasteiger partial charge on any atom is 0.318 e. The fourth-order valence-corrected chi connectivity index (χ4v) is 3.96. The first kappa shape index (κ1) is 17.2. The maximum absolute atomic E-state index is 12.9. The van der Waals surface area contributed by atoms with Gasteiger partial charge < -0.3 is 14.8 Å². The molecular formula is C22H29N3O. The Morgan fingerprint density at radius 1 is 1.00 bits per heavy atom. The second-order valence-corrected chi connectivity index (χ2v) is 7.76. The summed E-state index contributed by atoms with van der Waals surface area (Å²) in [5.74, 6) is 0. The molecule has 0 atom stereocenters. The predicted molar refractivity (Wildman–Crippen MR) is 104 cm³/mol. The Balaban J connectivity index is 1.42. The van der Waals surface area contributed by atoms with Gasteiger partial charge in [0.15, 0.2) is 0 Å². The van der Waals surface area contributed by atoms with E-state index in [1.165, 1.54) is 30.5 Å². The number of benzene rings is 1. The molecule has 0 unspecified atom stereocenters. The molecular weight excluding hydrogens is 322 g/mol. The van der Waals surface area contributed by atoms with Crippen molar-refractivity contribution in [3.63, 3.8) is 0 Å². The topological polar surface area (TPSA) is 37.3 Å². The standard InChI is InChI=1S/C22H29N3O/c26-22(23-19-10-5-2-6-11-19)25(20-13-14-20)17-21-12-7-15-24(21)16-18-8-3-1-4-9-18/h1,3-4,7-9,12,15,19-20H,2,5-6,10-11,13-14,16-17H2,(H,23,26). The van der Waals surface area contributed by atoms with Gasteiger partial charge in [-0.1, -0.05) is 49.6 Å². The molecule has 4 nitrogen and oxygen atoms in total. The highest BCUT2D eigenvalue weighted by Crippen LogP contribution is 2.29. The summed E-state index contributed by atoms with van der Waals surface area (Å²) >= 11 is 0. The van der Waals surface area contributed by atoms with E-state index < -0.39 is 0 Å². The van der Waals surface area contributed by atoms with E-state index in [2.05, 4.69) is 57.4 Å². The zero-order chi connectivity index (χ0) is 17.8. The summed E-state index contributed by atoms with van der Waals surface area (Å²) in [4.78, 5) is 15.0. The fraction of sp³-hybridized carbons (Fsp3) is 0.500. The van der Waals surface area contributed by atoms with Gasteiger partial charge in [0.25, 0.3) is 0 Å². The van der Waals surface area contributed by atoms with Gasteiger partial charge >= 0.3 is 6.03 Å². The van der Waals surface area contributed by atoms with Gasteiger partial charge in [-0.2, -0.15) is 0 Å². The summed E-state index contributed by atoms with van der Waals surface area (Å²) in [5, 5.41) is 3.30. The summed E-state index contributed by atoms with van der Waals surface area (Å²) in [6.07, 6.45) is 10.5. The van der Waals surface area contributed by atoms with E-state index in [1.807, 2.05) is 6.07 Å². The lowest BCUT2D eigenvalue weighted by atomic mass is 9.96. The molecule has 1 N–H and O–H groups in total. The van der Waals surface area contributed by atoms with Gasteiger partial charge in [0.1, 0.15) is 0 Å². The molecule has 4 heteroatoms. The Hall–Kier alpha value is -2.23. The van der Waals surface area contributed by atoms with Crippen LogP contribution in [0.1, 0.15) is 56.2 Å². The van der Waals surface area contributed by atoms with Crippen LogP contribution in [0.15, 0.2) is 48.7 Å². The summed E-state index contributed by atoms with van der Waals surface area (Å²) < 4.78 is 2.26. The minimum Gasteiger partial charge on any atom is -0.345 e. The SMILES string of the molecule is O=C(NC1CCCCC1)N(Cc1cccn1Cc1ccccc1)C1CC1. The Morgan fingerprint density at radius 3 is 2.50 bits per heavy atom. The van der Waals surface area contributed by atoms with E-state index in [4.69, 9.17) is 0 Å². The molecule has 1 aromatic carbocycles. The van der Waals surface area contributed by atoms with Crippen molar-refractivity contribution in [3.8, 4) is 0 Å². The predicted octanol–water partition coefficient (Wildman–Crippen LogP) is 4.54. The minimum absolute atomic E-state index is 0.131. The third-order valence-electron chi connectivity index (χ3n) is 5.63. The van der Waals surface area contributed by atoms with Crippen LogP contribution in [0.4, 0.5) is 4.79 Å². The van der Waals surface area contributed by atoms with Gasteiger partial charge in [-0.25, -0.2) is 4.79 Å². The zero-order valence-electron chi connectivity index (χ0n) is 15.4. The van der Waals surface area contributed by atoms with Crippen molar-refractivity contribution in [3.05, 3.63) is 59.9 Å². The van der Waals surface area contributed by atoms with Crippen molar-refractivity contribution in [2.45, 2.75) is 70.1 Å². The Kier molecular flexibility index (Phi) is 5.28. The number of carbonyl (C=O) groups excluding carboxylic acids is 1. The van der Waals surface area contributed by atoms with E-state index in [0.717, 1.165) is 32.2 Å². The Morgan fingerprint density at radius 2 is 1.77 bits per heavy atom. The number of hydrogen-bond acceptors (Lipinski definition) is 1. The van der Waals surface area contributed by atoms with Gasteiger partial charge in [-0.05, 0) is 43.4 Å². The van der Waals surface area contributed by atoms with E-state index in [1.54, 1.807) is 0 Å². The monoisotopic (exact) mass is 351 g/mol. The van der Waals surface area contributed by atoms with Crippen LogP contribution < -0.4 is 5.32 Å². The highest BCUT2D eigenvalue weighted by Gasteiger charge is 2.34. The molecule has 138 valence electrons. The number of hydrogen-bond donors (Lipinski definition) is 1. The van der Waals surface area contributed by atoms with Gasteiger partial charge in [0, 0.05) is 30.5 Å². The number of nitrogens with one attached hydrogen (secondary N) is 1. The van der Waals surface area contributed by atoms with Crippen molar-refractivity contribution in [2.24, 2.45) is 0 Å². The third-order valence-corrected chi connectivity index (χ3v) is 5.63. The molecule has 2 fully saturated rings. The van der Waals surface area contributed by atoms with Crippen LogP contribution in [-0.4, -0.2) is 27.6 Å². The summed E-state index contributed by atoms with van der Waals surface area (Å²) in [6, 6.07) is 15.6. The lowest BCUT2D eigenvalue weighted by molar-refractivity contribution is 0.183. The average molecular weight is 351 g/mol. The molecule has 1 heterocycles. The zero-order valence-corrected chi connectivity index (χ0v) is 15.4. The number of urea groups is 1. The molecule has 2 aliphatic carbocycles. The first-order chi connectivity index (χ1) is 12.8.